The van der Waals surface area contributed by atoms with E-state index in [2.05, 4.69) is 34.5 Å². The molecule has 1 atom stereocenters. The third kappa shape index (κ3) is 3.24. The van der Waals surface area contributed by atoms with Crippen LogP contribution in [0.2, 0.25) is 0 Å². The molecular formula is C15H24N2O. The Balaban J connectivity index is 2.04. The van der Waals surface area contributed by atoms with Gasteiger partial charge >= 0.3 is 0 Å². The number of methoxy groups -OCH3 is 1. The maximum Gasteiger partial charge on any atom is 0.0503 e. The van der Waals surface area contributed by atoms with Crippen molar-refractivity contribution in [3.05, 3.63) is 29.8 Å². The maximum absolute atomic E-state index is 5.19. The number of nitrogens with zero attached hydrogens (tertiary/aromatic N) is 1. The van der Waals surface area contributed by atoms with Crippen LogP contribution in [0.4, 0.5) is 5.69 Å². The molecular weight excluding hydrogens is 224 g/mol. The van der Waals surface area contributed by atoms with E-state index in [0.717, 1.165) is 25.5 Å². The highest BCUT2D eigenvalue weighted by molar-refractivity contribution is 5.54. The van der Waals surface area contributed by atoms with Crippen LogP contribution in [0.1, 0.15) is 12.0 Å². The van der Waals surface area contributed by atoms with Crippen LogP contribution >= 0.6 is 0 Å². The van der Waals surface area contributed by atoms with Crippen LogP contribution in [-0.2, 0) is 11.2 Å². The molecule has 0 amide bonds. The smallest absolute Gasteiger partial charge is 0.0503 e. The van der Waals surface area contributed by atoms with Crippen molar-refractivity contribution in [3.63, 3.8) is 0 Å². The van der Waals surface area contributed by atoms with Crippen molar-refractivity contribution in [1.82, 2.24) is 5.32 Å². The summed E-state index contributed by atoms with van der Waals surface area (Å²) in [4.78, 5) is 2.52. The van der Waals surface area contributed by atoms with Crippen molar-refractivity contribution in [2.24, 2.45) is 5.92 Å². The number of hydrogen-bond donors (Lipinski definition) is 1. The van der Waals surface area contributed by atoms with Crippen molar-refractivity contribution in [3.8, 4) is 0 Å². The minimum atomic E-state index is 0.783. The lowest BCUT2D eigenvalue weighted by Gasteiger charge is -2.22. The Kier molecular flexibility index (Phi) is 5.02. The number of nitrogens with one attached hydrogen (secondary N) is 1. The van der Waals surface area contributed by atoms with Crippen molar-refractivity contribution in [1.29, 1.82) is 0 Å². The van der Waals surface area contributed by atoms with E-state index in [1.54, 1.807) is 7.11 Å². The molecule has 3 heteroatoms. The van der Waals surface area contributed by atoms with Gasteiger partial charge in [0, 0.05) is 25.9 Å². The maximum atomic E-state index is 5.19. The summed E-state index contributed by atoms with van der Waals surface area (Å²) >= 11 is 0. The van der Waals surface area contributed by atoms with Gasteiger partial charge in [-0.1, -0.05) is 18.2 Å². The second-order valence-corrected chi connectivity index (χ2v) is 5.03. The van der Waals surface area contributed by atoms with Crippen LogP contribution in [0, 0.1) is 5.92 Å². The summed E-state index contributed by atoms with van der Waals surface area (Å²) in [5.41, 5.74) is 2.80. The molecule has 3 nitrogen and oxygen atoms in total. The summed E-state index contributed by atoms with van der Waals surface area (Å²) in [6, 6.07) is 8.72. The van der Waals surface area contributed by atoms with Gasteiger partial charge in [-0.05, 0) is 44.0 Å². The molecule has 1 unspecified atom stereocenters. The summed E-state index contributed by atoms with van der Waals surface area (Å²) in [7, 11) is 3.80. The molecule has 1 aromatic rings. The monoisotopic (exact) mass is 248 g/mol. The van der Waals surface area contributed by atoms with Gasteiger partial charge in [0.05, 0.1) is 6.61 Å². The van der Waals surface area contributed by atoms with Gasteiger partial charge < -0.3 is 15.0 Å². The summed E-state index contributed by atoms with van der Waals surface area (Å²) in [5, 5.41) is 3.28. The summed E-state index contributed by atoms with van der Waals surface area (Å²) < 4.78 is 5.19. The first-order valence-corrected chi connectivity index (χ1v) is 6.81. The van der Waals surface area contributed by atoms with Gasteiger partial charge in [-0.15, -0.1) is 0 Å². The Bertz CT molecular complexity index is 367. The van der Waals surface area contributed by atoms with Crippen molar-refractivity contribution in [2.45, 2.75) is 12.8 Å². The highest BCUT2D eigenvalue weighted by Crippen LogP contribution is 2.27. The van der Waals surface area contributed by atoms with Crippen LogP contribution in [-0.4, -0.2) is 40.4 Å². The van der Waals surface area contributed by atoms with Crippen LogP contribution in [0.3, 0.4) is 0 Å². The first kappa shape index (κ1) is 13.4. The Morgan fingerprint density at radius 3 is 3.00 bits per heavy atom. The van der Waals surface area contributed by atoms with Gasteiger partial charge in [0.1, 0.15) is 0 Å². The molecule has 18 heavy (non-hydrogen) atoms. The molecule has 100 valence electrons. The van der Waals surface area contributed by atoms with E-state index in [-0.39, 0.29) is 0 Å². The fraction of sp³-hybridized carbons (Fsp3) is 0.600. The summed E-state index contributed by atoms with van der Waals surface area (Å²) in [5.74, 6) is 0.783. The Morgan fingerprint density at radius 2 is 2.22 bits per heavy atom. The Morgan fingerprint density at radius 1 is 1.39 bits per heavy atom. The van der Waals surface area contributed by atoms with Crippen LogP contribution in [0.15, 0.2) is 24.3 Å². The standard InChI is InChI=1S/C15H24N2O/c1-16-11-13-7-9-17(12-13)15-6-4-3-5-14(15)8-10-18-2/h3-6,13,16H,7-12H2,1-2H3. The van der Waals surface area contributed by atoms with Gasteiger partial charge in [0.15, 0.2) is 0 Å². The molecule has 1 saturated heterocycles. The predicted molar refractivity (Wildman–Crippen MR) is 76.3 cm³/mol. The van der Waals surface area contributed by atoms with Crippen molar-refractivity contribution < 1.29 is 4.74 Å². The van der Waals surface area contributed by atoms with Crippen molar-refractivity contribution in [2.75, 3.05) is 45.3 Å². The fourth-order valence-electron chi connectivity index (χ4n) is 2.75. The molecule has 0 radical (unpaired) electrons. The fourth-order valence-corrected chi connectivity index (χ4v) is 2.75. The molecule has 1 aliphatic rings. The van der Waals surface area contributed by atoms with E-state index in [1.165, 1.54) is 30.8 Å². The quantitative estimate of drug-likeness (QED) is 0.832. The molecule has 0 spiro atoms. The van der Waals surface area contributed by atoms with E-state index in [0.29, 0.717) is 0 Å². The van der Waals surface area contributed by atoms with Crippen LogP contribution in [0.5, 0.6) is 0 Å². The molecule has 0 saturated carbocycles. The van der Waals surface area contributed by atoms with Crippen LogP contribution in [0.25, 0.3) is 0 Å². The van der Waals surface area contributed by atoms with Gasteiger partial charge in [-0.25, -0.2) is 0 Å². The number of benzene rings is 1. The first-order valence-electron chi connectivity index (χ1n) is 6.81. The predicted octanol–water partition coefficient (Wildman–Crippen LogP) is 1.92. The average Bonchev–Trinajstić information content (AvgIpc) is 2.86. The van der Waals surface area contributed by atoms with Gasteiger partial charge in [0.25, 0.3) is 0 Å². The molecule has 2 rings (SSSR count). The number of hydrogen-bond acceptors (Lipinski definition) is 3. The molecule has 1 aromatic carbocycles. The highest BCUT2D eigenvalue weighted by Gasteiger charge is 2.23. The topological polar surface area (TPSA) is 24.5 Å². The van der Waals surface area contributed by atoms with E-state index in [4.69, 9.17) is 4.74 Å². The SMILES string of the molecule is CNCC1CCN(c2ccccc2CCOC)C1. The zero-order valence-electron chi connectivity index (χ0n) is 11.5. The lowest BCUT2D eigenvalue weighted by molar-refractivity contribution is 0.202. The molecule has 0 aromatic heterocycles. The third-order valence-corrected chi connectivity index (χ3v) is 3.69. The number of para-hydroxylation sites is 1. The zero-order chi connectivity index (χ0) is 12.8. The first-order chi connectivity index (χ1) is 8.85. The minimum absolute atomic E-state index is 0.783. The third-order valence-electron chi connectivity index (χ3n) is 3.69. The number of rotatable bonds is 6. The summed E-state index contributed by atoms with van der Waals surface area (Å²) in [6.45, 7) is 4.27. The molecule has 1 aliphatic heterocycles. The second kappa shape index (κ2) is 6.76. The van der Waals surface area contributed by atoms with Gasteiger partial charge in [-0.2, -0.15) is 0 Å². The zero-order valence-corrected chi connectivity index (χ0v) is 11.5. The second-order valence-electron chi connectivity index (χ2n) is 5.03. The summed E-state index contributed by atoms with van der Waals surface area (Å²) in [6.07, 6.45) is 2.29. The Labute approximate surface area is 110 Å². The lowest BCUT2D eigenvalue weighted by Crippen LogP contribution is -2.25. The van der Waals surface area contributed by atoms with E-state index in [1.807, 2.05) is 7.05 Å². The molecule has 0 bridgehead atoms. The van der Waals surface area contributed by atoms with Crippen LogP contribution < -0.4 is 10.2 Å². The minimum Gasteiger partial charge on any atom is -0.384 e. The molecule has 1 N–H and O–H groups in total. The van der Waals surface area contributed by atoms with E-state index in [9.17, 15) is 0 Å². The number of ether oxygens (including phenoxy) is 1. The molecule has 1 heterocycles. The normalized spacial score (nSPS) is 19.4. The lowest BCUT2D eigenvalue weighted by atomic mass is 10.1. The molecule has 0 aliphatic carbocycles. The van der Waals surface area contributed by atoms with Gasteiger partial charge in [0.2, 0.25) is 0 Å². The molecule has 1 fully saturated rings. The van der Waals surface area contributed by atoms with E-state index < -0.39 is 0 Å². The van der Waals surface area contributed by atoms with Crippen molar-refractivity contribution >= 4 is 5.69 Å². The van der Waals surface area contributed by atoms with Gasteiger partial charge in [-0.3, -0.25) is 0 Å². The largest absolute Gasteiger partial charge is 0.384 e. The average molecular weight is 248 g/mol. The highest BCUT2D eigenvalue weighted by atomic mass is 16.5. The Hall–Kier alpha value is -1.06. The number of anilines is 1. The van der Waals surface area contributed by atoms with E-state index >= 15 is 0 Å².